The molecule has 1 fully saturated rings. The molecule has 1 saturated carbocycles. The first kappa shape index (κ1) is 28.4. The van der Waals surface area contributed by atoms with Gasteiger partial charge in [-0.25, -0.2) is 30.7 Å². The van der Waals surface area contributed by atoms with Crippen molar-refractivity contribution in [2.24, 2.45) is 0 Å². The van der Waals surface area contributed by atoms with Crippen LogP contribution in [0.1, 0.15) is 25.7 Å². The zero-order chi connectivity index (χ0) is 28.2. The summed E-state index contributed by atoms with van der Waals surface area (Å²) in [5.41, 5.74) is -0.665. The highest BCUT2D eigenvalue weighted by Crippen LogP contribution is 2.35. The van der Waals surface area contributed by atoms with Crippen LogP contribution >= 0.6 is 0 Å². The van der Waals surface area contributed by atoms with Crippen molar-refractivity contribution in [2.45, 2.75) is 42.8 Å². The van der Waals surface area contributed by atoms with Gasteiger partial charge < -0.3 is 14.2 Å². The van der Waals surface area contributed by atoms with Crippen LogP contribution in [-0.4, -0.2) is 40.2 Å². The van der Waals surface area contributed by atoms with Gasteiger partial charge in [0.25, 0.3) is 10.0 Å². The first-order valence-corrected chi connectivity index (χ1v) is 13.5. The monoisotopic (exact) mass is 567 g/mol. The van der Waals surface area contributed by atoms with Crippen LogP contribution in [0, 0.1) is 23.3 Å². The molecule has 0 heterocycles. The molecule has 1 N–H and O–H groups in total. The van der Waals surface area contributed by atoms with Crippen LogP contribution in [0.15, 0.2) is 59.5 Å². The average molecular weight is 568 g/mol. The molecule has 0 radical (unpaired) electrons. The predicted octanol–water partition coefficient (Wildman–Crippen LogP) is 5.13. The fourth-order valence-electron chi connectivity index (χ4n) is 3.96. The third-order valence-electron chi connectivity index (χ3n) is 6.09. The molecule has 3 aromatic rings. The number of hydrogen-bond donors (Lipinski definition) is 1. The maximum Gasteiger partial charge on any atom is 0.264 e. The summed E-state index contributed by atoms with van der Waals surface area (Å²) in [5.74, 6) is -6.46. The number of methoxy groups -OCH3 is 1. The van der Waals surface area contributed by atoms with Crippen LogP contribution in [0.2, 0.25) is 0 Å². The number of rotatable bonds is 11. The average Bonchev–Trinajstić information content (AvgIpc) is 2.87. The number of ether oxygens (including phenoxy) is 3. The molecule has 208 valence electrons. The highest BCUT2D eigenvalue weighted by Gasteiger charge is 2.31. The largest absolute Gasteiger partial charge is 0.490 e. The first-order chi connectivity index (χ1) is 18.6. The fourth-order valence-corrected chi connectivity index (χ4v) is 5.00. The Hall–Kier alpha value is -3.64. The zero-order valence-electron chi connectivity index (χ0n) is 20.8. The standard InChI is InChI=1S/C27H25F4NO6S/c1-36-17-12-18(13-17)38-19-14-21(26(31)22(28)15-19)16-10-23(29)27(24(30)11-16)37-9-5-8-25(33)32-39(34,35)20-6-3-2-4-7-20/h2-4,6-7,10-11,14-15,17-18H,5,8-9,12-13H2,1H3,(H,32,33). The molecule has 0 aliphatic heterocycles. The second-order valence-corrected chi connectivity index (χ2v) is 10.6. The highest BCUT2D eigenvalue weighted by atomic mass is 32.2. The Balaban J connectivity index is 1.37. The van der Waals surface area contributed by atoms with Gasteiger partial charge in [-0.2, -0.15) is 0 Å². The van der Waals surface area contributed by atoms with Gasteiger partial charge in [0.1, 0.15) is 11.9 Å². The van der Waals surface area contributed by atoms with E-state index in [9.17, 15) is 30.8 Å². The number of halogens is 4. The SMILES string of the molecule is COC1CC(Oc2cc(F)c(F)c(-c3cc(F)c(OCCCC(=O)NS(=O)(=O)c4ccccc4)c(F)c3)c2)C1. The Morgan fingerprint density at radius 2 is 1.62 bits per heavy atom. The molecule has 1 aliphatic carbocycles. The number of nitrogens with one attached hydrogen (secondary N) is 1. The maximum absolute atomic E-state index is 14.7. The van der Waals surface area contributed by atoms with E-state index in [1.165, 1.54) is 24.3 Å². The van der Waals surface area contributed by atoms with E-state index in [0.29, 0.717) is 12.8 Å². The summed E-state index contributed by atoms with van der Waals surface area (Å²) >= 11 is 0. The van der Waals surface area contributed by atoms with Gasteiger partial charge in [0.2, 0.25) is 5.91 Å². The summed E-state index contributed by atoms with van der Waals surface area (Å²) in [5, 5.41) is 0. The topological polar surface area (TPSA) is 90.9 Å². The zero-order valence-corrected chi connectivity index (χ0v) is 21.6. The van der Waals surface area contributed by atoms with Crippen molar-refractivity contribution < 1.29 is 45.0 Å². The summed E-state index contributed by atoms with van der Waals surface area (Å²) in [6.07, 6.45) is 0.567. The lowest BCUT2D eigenvalue weighted by molar-refractivity contribution is -0.119. The van der Waals surface area contributed by atoms with Crippen molar-refractivity contribution in [2.75, 3.05) is 13.7 Å². The second-order valence-electron chi connectivity index (χ2n) is 8.90. The van der Waals surface area contributed by atoms with Crippen LogP contribution in [0.25, 0.3) is 11.1 Å². The molecule has 0 atom stereocenters. The fraction of sp³-hybridized carbons (Fsp3) is 0.296. The van der Waals surface area contributed by atoms with Crippen LogP contribution in [-0.2, 0) is 19.6 Å². The third kappa shape index (κ3) is 6.87. The minimum atomic E-state index is -4.04. The van der Waals surface area contributed by atoms with E-state index in [0.717, 1.165) is 24.3 Å². The lowest BCUT2D eigenvalue weighted by atomic mass is 9.92. The Morgan fingerprint density at radius 3 is 2.26 bits per heavy atom. The molecule has 1 aliphatic rings. The van der Waals surface area contributed by atoms with E-state index >= 15 is 0 Å². The number of amides is 1. The number of carbonyl (C=O) groups is 1. The van der Waals surface area contributed by atoms with E-state index in [1.807, 2.05) is 4.72 Å². The Morgan fingerprint density at radius 1 is 0.949 bits per heavy atom. The molecular weight excluding hydrogens is 542 g/mol. The molecule has 4 rings (SSSR count). The predicted molar refractivity (Wildman–Crippen MR) is 133 cm³/mol. The molecular formula is C27H25F4NO6S. The second kappa shape index (κ2) is 12.0. The minimum absolute atomic E-state index is 0.0113. The van der Waals surface area contributed by atoms with Crippen molar-refractivity contribution in [3.05, 3.63) is 77.9 Å². The lowest BCUT2D eigenvalue weighted by Crippen LogP contribution is -2.38. The van der Waals surface area contributed by atoms with Gasteiger partial charge >= 0.3 is 0 Å². The Labute approximate surface area is 222 Å². The molecule has 0 spiro atoms. The molecule has 0 saturated heterocycles. The molecule has 0 aromatic heterocycles. The Kier molecular flexibility index (Phi) is 8.76. The molecule has 12 heteroatoms. The summed E-state index contributed by atoms with van der Waals surface area (Å²) in [4.78, 5) is 11.9. The smallest absolute Gasteiger partial charge is 0.264 e. The number of benzene rings is 3. The van der Waals surface area contributed by atoms with E-state index in [1.54, 1.807) is 13.2 Å². The van der Waals surface area contributed by atoms with Crippen molar-refractivity contribution >= 4 is 15.9 Å². The van der Waals surface area contributed by atoms with Crippen molar-refractivity contribution in [1.82, 2.24) is 4.72 Å². The van der Waals surface area contributed by atoms with E-state index in [-0.39, 0.29) is 47.9 Å². The van der Waals surface area contributed by atoms with Crippen LogP contribution in [0.4, 0.5) is 17.6 Å². The van der Waals surface area contributed by atoms with Gasteiger partial charge in [-0.1, -0.05) is 18.2 Å². The number of hydrogen-bond acceptors (Lipinski definition) is 6. The van der Waals surface area contributed by atoms with Gasteiger partial charge in [-0.05, 0) is 42.3 Å². The highest BCUT2D eigenvalue weighted by molar-refractivity contribution is 7.90. The molecule has 0 bridgehead atoms. The van der Waals surface area contributed by atoms with Crippen LogP contribution in [0.5, 0.6) is 11.5 Å². The first-order valence-electron chi connectivity index (χ1n) is 12.0. The van der Waals surface area contributed by atoms with E-state index in [4.69, 9.17) is 14.2 Å². The summed E-state index contributed by atoms with van der Waals surface area (Å²) in [6, 6.07) is 10.9. The Bertz CT molecular complexity index is 1420. The number of sulfonamides is 1. The van der Waals surface area contributed by atoms with Crippen molar-refractivity contribution in [3.8, 4) is 22.6 Å². The summed E-state index contributed by atoms with van der Waals surface area (Å²) in [7, 11) is -2.49. The van der Waals surface area contributed by atoms with Crippen molar-refractivity contribution in [1.29, 1.82) is 0 Å². The molecule has 0 unspecified atom stereocenters. The maximum atomic E-state index is 14.7. The molecule has 39 heavy (non-hydrogen) atoms. The van der Waals surface area contributed by atoms with Gasteiger partial charge in [-0.15, -0.1) is 0 Å². The van der Waals surface area contributed by atoms with E-state index in [2.05, 4.69) is 0 Å². The van der Waals surface area contributed by atoms with Crippen LogP contribution in [0.3, 0.4) is 0 Å². The third-order valence-corrected chi connectivity index (χ3v) is 7.48. The van der Waals surface area contributed by atoms with Gasteiger partial charge in [0, 0.05) is 38.0 Å². The molecule has 3 aromatic carbocycles. The van der Waals surface area contributed by atoms with Gasteiger partial charge in [0.05, 0.1) is 17.6 Å². The lowest BCUT2D eigenvalue weighted by Gasteiger charge is -2.34. The van der Waals surface area contributed by atoms with Crippen LogP contribution < -0.4 is 14.2 Å². The number of carbonyl (C=O) groups excluding carboxylic acids is 1. The summed E-state index contributed by atoms with van der Waals surface area (Å²) in [6.45, 7) is -0.317. The van der Waals surface area contributed by atoms with Gasteiger partial charge in [-0.3, -0.25) is 4.79 Å². The minimum Gasteiger partial charge on any atom is -0.490 e. The summed E-state index contributed by atoms with van der Waals surface area (Å²) < 4.78 is 100. The molecule has 7 nitrogen and oxygen atoms in total. The van der Waals surface area contributed by atoms with Gasteiger partial charge in [0.15, 0.2) is 29.0 Å². The van der Waals surface area contributed by atoms with E-state index < -0.39 is 50.5 Å². The quantitative estimate of drug-likeness (QED) is 0.255. The van der Waals surface area contributed by atoms with Crippen molar-refractivity contribution in [3.63, 3.8) is 0 Å². The molecule has 1 amide bonds. The normalized spacial score (nSPS) is 16.8.